The first kappa shape index (κ1) is 10.8. The van der Waals surface area contributed by atoms with Crippen molar-refractivity contribution in [3.63, 3.8) is 0 Å². The molecule has 0 saturated heterocycles. The zero-order chi connectivity index (χ0) is 10.4. The van der Waals surface area contributed by atoms with Gasteiger partial charge in [0.2, 0.25) is 0 Å². The smallest absolute Gasteiger partial charge is 0.120 e. The third-order valence-corrected chi connectivity index (χ3v) is 1.96. The predicted octanol–water partition coefficient (Wildman–Crippen LogP) is 2.45. The molecule has 0 bridgehead atoms. The molecule has 0 radical (unpaired) electrons. The molecule has 0 saturated carbocycles. The molecule has 0 unspecified atom stereocenters. The monoisotopic (exact) mass is 191 g/mol. The zero-order valence-electron chi connectivity index (χ0n) is 8.75. The Kier molecular flexibility index (Phi) is 4.20. The molecule has 0 aromatic heterocycles. The summed E-state index contributed by atoms with van der Waals surface area (Å²) in [6.07, 6.45) is 2.12. The summed E-state index contributed by atoms with van der Waals surface area (Å²) in [6, 6.07) is 7.38. The van der Waals surface area contributed by atoms with Crippen molar-refractivity contribution in [1.82, 2.24) is 5.32 Å². The van der Waals surface area contributed by atoms with Crippen LogP contribution in [-0.4, -0.2) is 11.7 Å². The molecule has 76 valence electrons. The molecule has 2 heteroatoms. The predicted molar refractivity (Wildman–Crippen MR) is 59.2 cm³/mol. The first-order valence-corrected chi connectivity index (χ1v) is 4.81. The standard InChI is InChI=1S/C12H17NO/c1-10(2)7-8-13-9-11-5-3-4-6-12(11)14/h3-7,13-14H,8-9H2,1-2H3. The van der Waals surface area contributed by atoms with Crippen LogP contribution >= 0.6 is 0 Å². The molecular weight excluding hydrogens is 174 g/mol. The summed E-state index contributed by atoms with van der Waals surface area (Å²) in [5.41, 5.74) is 2.24. The van der Waals surface area contributed by atoms with Gasteiger partial charge in [-0.05, 0) is 19.9 Å². The van der Waals surface area contributed by atoms with E-state index in [0.29, 0.717) is 12.3 Å². The van der Waals surface area contributed by atoms with E-state index in [9.17, 15) is 5.11 Å². The van der Waals surface area contributed by atoms with Crippen LogP contribution in [0, 0.1) is 0 Å². The minimum Gasteiger partial charge on any atom is -0.508 e. The Hall–Kier alpha value is -1.28. The zero-order valence-corrected chi connectivity index (χ0v) is 8.75. The fourth-order valence-electron chi connectivity index (χ4n) is 1.14. The molecule has 1 rings (SSSR count). The quantitative estimate of drug-likeness (QED) is 0.566. The highest BCUT2D eigenvalue weighted by molar-refractivity contribution is 5.31. The maximum atomic E-state index is 9.46. The van der Waals surface area contributed by atoms with Gasteiger partial charge in [-0.1, -0.05) is 29.8 Å². The van der Waals surface area contributed by atoms with Gasteiger partial charge >= 0.3 is 0 Å². The molecule has 0 heterocycles. The van der Waals surface area contributed by atoms with E-state index in [4.69, 9.17) is 0 Å². The van der Waals surface area contributed by atoms with Crippen LogP contribution in [0.5, 0.6) is 5.75 Å². The Morgan fingerprint density at radius 1 is 1.36 bits per heavy atom. The van der Waals surface area contributed by atoms with Gasteiger partial charge in [0.15, 0.2) is 0 Å². The van der Waals surface area contributed by atoms with E-state index in [2.05, 4.69) is 25.2 Å². The molecule has 0 aliphatic heterocycles. The molecular formula is C12H17NO. The molecule has 0 amide bonds. The Balaban J connectivity index is 2.39. The normalized spacial score (nSPS) is 9.86. The number of phenolic OH excluding ortho intramolecular Hbond substituents is 1. The summed E-state index contributed by atoms with van der Waals surface area (Å²) in [5, 5.41) is 12.7. The second-order valence-electron chi connectivity index (χ2n) is 3.54. The van der Waals surface area contributed by atoms with Gasteiger partial charge in [0.25, 0.3) is 0 Å². The second kappa shape index (κ2) is 5.45. The van der Waals surface area contributed by atoms with E-state index in [1.165, 1.54) is 5.57 Å². The third-order valence-electron chi connectivity index (χ3n) is 1.96. The van der Waals surface area contributed by atoms with Crippen molar-refractivity contribution in [1.29, 1.82) is 0 Å². The molecule has 0 atom stereocenters. The highest BCUT2D eigenvalue weighted by Crippen LogP contribution is 2.14. The minimum atomic E-state index is 0.359. The lowest BCUT2D eigenvalue weighted by molar-refractivity contribution is 0.465. The van der Waals surface area contributed by atoms with Crippen molar-refractivity contribution in [2.75, 3.05) is 6.54 Å². The van der Waals surface area contributed by atoms with E-state index < -0.39 is 0 Å². The number of phenols is 1. The summed E-state index contributed by atoms with van der Waals surface area (Å²) in [6.45, 7) is 5.69. The molecule has 0 aliphatic carbocycles. The maximum absolute atomic E-state index is 9.46. The van der Waals surface area contributed by atoms with E-state index in [-0.39, 0.29) is 0 Å². The van der Waals surface area contributed by atoms with Crippen LogP contribution in [-0.2, 0) is 6.54 Å². The average Bonchev–Trinajstić information content (AvgIpc) is 2.15. The van der Waals surface area contributed by atoms with Gasteiger partial charge in [0.1, 0.15) is 5.75 Å². The van der Waals surface area contributed by atoms with Gasteiger partial charge in [-0.2, -0.15) is 0 Å². The van der Waals surface area contributed by atoms with Crippen molar-refractivity contribution in [3.8, 4) is 5.75 Å². The number of hydrogen-bond acceptors (Lipinski definition) is 2. The van der Waals surface area contributed by atoms with Crippen molar-refractivity contribution < 1.29 is 5.11 Å². The first-order chi connectivity index (χ1) is 6.70. The lowest BCUT2D eigenvalue weighted by Gasteiger charge is -2.04. The second-order valence-corrected chi connectivity index (χ2v) is 3.54. The van der Waals surface area contributed by atoms with E-state index >= 15 is 0 Å². The van der Waals surface area contributed by atoms with Gasteiger partial charge in [-0.25, -0.2) is 0 Å². The lowest BCUT2D eigenvalue weighted by Crippen LogP contribution is -2.13. The third kappa shape index (κ3) is 3.62. The molecule has 1 aromatic rings. The number of nitrogens with one attached hydrogen (secondary N) is 1. The van der Waals surface area contributed by atoms with Crippen LogP contribution in [0.25, 0.3) is 0 Å². The fourth-order valence-corrected chi connectivity index (χ4v) is 1.14. The van der Waals surface area contributed by atoms with E-state index in [0.717, 1.165) is 12.1 Å². The summed E-state index contributed by atoms with van der Waals surface area (Å²) >= 11 is 0. The van der Waals surface area contributed by atoms with Crippen LogP contribution in [0.3, 0.4) is 0 Å². The Morgan fingerprint density at radius 3 is 2.71 bits per heavy atom. The first-order valence-electron chi connectivity index (χ1n) is 4.81. The van der Waals surface area contributed by atoms with Gasteiger partial charge in [0, 0.05) is 18.7 Å². The Bertz CT molecular complexity index is 314. The van der Waals surface area contributed by atoms with Crippen molar-refractivity contribution in [2.24, 2.45) is 0 Å². The summed E-state index contributed by atoms with van der Waals surface area (Å²) in [4.78, 5) is 0. The summed E-state index contributed by atoms with van der Waals surface area (Å²) < 4.78 is 0. The van der Waals surface area contributed by atoms with Crippen molar-refractivity contribution in [3.05, 3.63) is 41.5 Å². The number of hydrogen-bond donors (Lipinski definition) is 2. The number of aromatic hydroxyl groups is 1. The Morgan fingerprint density at radius 2 is 2.07 bits per heavy atom. The van der Waals surface area contributed by atoms with E-state index in [1.54, 1.807) is 6.07 Å². The van der Waals surface area contributed by atoms with Crippen molar-refractivity contribution in [2.45, 2.75) is 20.4 Å². The number of allylic oxidation sites excluding steroid dienone is 1. The molecule has 0 fully saturated rings. The minimum absolute atomic E-state index is 0.359. The van der Waals surface area contributed by atoms with Crippen LogP contribution in [0.4, 0.5) is 0 Å². The molecule has 0 aliphatic rings. The summed E-state index contributed by atoms with van der Waals surface area (Å²) in [7, 11) is 0. The average molecular weight is 191 g/mol. The SMILES string of the molecule is CC(C)=CCNCc1ccccc1O. The Labute approximate surface area is 85.3 Å². The topological polar surface area (TPSA) is 32.3 Å². The molecule has 1 aromatic carbocycles. The van der Waals surface area contributed by atoms with Crippen LogP contribution < -0.4 is 5.32 Å². The largest absolute Gasteiger partial charge is 0.508 e. The molecule has 14 heavy (non-hydrogen) atoms. The number of para-hydroxylation sites is 1. The van der Waals surface area contributed by atoms with Crippen LogP contribution in [0.15, 0.2) is 35.9 Å². The van der Waals surface area contributed by atoms with Gasteiger partial charge in [0.05, 0.1) is 0 Å². The van der Waals surface area contributed by atoms with Gasteiger partial charge in [-0.3, -0.25) is 0 Å². The van der Waals surface area contributed by atoms with Crippen LogP contribution in [0.2, 0.25) is 0 Å². The lowest BCUT2D eigenvalue weighted by atomic mass is 10.2. The highest BCUT2D eigenvalue weighted by Gasteiger charge is 1.96. The van der Waals surface area contributed by atoms with Crippen LogP contribution in [0.1, 0.15) is 19.4 Å². The maximum Gasteiger partial charge on any atom is 0.120 e. The van der Waals surface area contributed by atoms with E-state index in [1.807, 2.05) is 18.2 Å². The fraction of sp³-hybridized carbons (Fsp3) is 0.333. The number of benzene rings is 1. The van der Waals surface area contributed by atoms with Gasteiger partial charge < -0.3 is 10.4 Å². The van der Waals surface area contributed by atoms with Crippen molar-refractivity contribution >= 4 is 0 Å². The summed E-state index contributed by atoms with van der Waals surface area (Å²) in [5.74, 6) is 0.359. The molecule has 2 N–H and O–H groups in total. The molecule has 2 nitrogen and oxygen atoms in total. The van der Waals surface area contributed by atoms with Gasteiger partial charge in [-0.15, -0.1) is 0 Å². The molecule has 0 spiro atoms. The number of rotatable bonds is 4. The highest BCUT2D eigenvalue weighted by atomic mass is 16.3.